The highest BCUT2D eigenvalue weighted by Crippen LogP contribution is 2.74. The maximum absolute atomic E-state index is 13.6. The van der Waals surface area contributed by atoms with Crippen molar-refractivity contribution >= 4 is 29.8 Å². The molecule has 0 aromatic rings. The monoisotopic (exact) mass is 753 g/mol. The Hall–Kier alpha value is -2.69. The summed E-state index contributed by atoms with van der Waals surface area (Å²) in [7, 11) is 0. The zero-order chi connectivity index (χ0) is 39.6. The highest BCUT2D eigenvalue weighted by atomic mass is 16.6. The fraction of sp³-hybridized carbons (Fsp3) is 0.881. The van der Waals surface area contributed by atoms with Crippen molar-refractivity contribution < 1.29 is 52.8 Å². The molecule has 2 aliphatic heterocycles. The molecular weight excluding hydrogens is 680 g/mol. The summed E-state index contributed by atoms with van der Waals surface area (Å²) >= 11 is 0. The molecule has 306 valence electrons. The van der Waals surface area contributed by atoms with Gasteiger partial charge in [0.15, 0.2) is 5.60 Å². The van der Waals surface area contributed by atoms with Crippen LogP contribution in [-0.2, 0) is 47.7 Å². The van der Waals surface area contributed by atoms with Crippen molar-refractivity contribution in [2.45, 2.75) is 182 Å². The van der Waals surface area contributed by atoms with Crippen LogP contribution in [0.5, 0.6) is 0 Å². The third-order valence-electron chi connectivity index (χ3n) is 12.4. The maximum atomic E-state index is 13.6. The summed E-state index contributed by atoms with van der Waals surface area (Å²) in [5.41, 5.74) is -4.16. The highest BCUT2D eigenvalue weighted by molar-refractivity contribution is 5.93. The second-order valence-electron chi connectivity index (χ2n) is 15.7. The molecule has 4 unspecified atom stereocenters. The van der Waals surface area contributed by atoms with E-state index < -0.39 is 47.2 Å². The smallest absolute Gasteiger partial charge is 0.339 e. The quantitative estimate of drug-likeness (QED) is 0.0645. The third kappa shape index (κ3) is 10.1. The Bertz CT molecular complexity index is 1110. The molecule has 3 rings (SSSR count). The SMILES string of the molecule is CCCCC1(CC)COC(=O)C12CCCCC21C(=O)OCC1(CC)CCCC.CCCCOC(=O)CC(O)(CC(=O)OCCCC)C(=O)OCCCC. The summed E-state index contributed by atoms with van der Waals surface area (Å²) in [5, 5.41) is 10.6. The zero-order valence-electron chi connectivity index (χ0n) is 34.2. The summed E-state index contributed by atoms with van der Waals surface area (Å²) in [5.74, 6) is -2.69. The van der Waals surface area contributed by atoms with E-state index in [2.05, 4.69) is 27.7 Å². The van der Waals surface area contributed by atoms with E-state index in [0.717, 1.165) is 96.3 Å². The molecule has 3 aliphatic rings. The van der Waals surface area contributed by atoms with Crippen molar-refractivity contribution in [1.82, 2.24) is 0 Å². The average Bonchev–Trinajstić information content (AvgIpc) is 3.58. The van der Waals surface area contributed by atoms with Crippen LogP contribution in [-0.4, -0.2) is 73.6 Å². The number of carbonyl (C=O) groups is 5. The minimum absolute atomic E-state index is 0.0988. The first-order valence-corrected chi connectivity index (χ1v) is 20.9. The van der Waals surface area contributed by atoms with Crippen LogP contribution in [0.2, 0.25) is 0 Å². The van der Waals surface area contributed by atoms with E-state index in [1.807, 2.05) is 20.8 Å². The summed E-state index contributed by atoms with van der Waals surface area (Å²) in [6.07, 6.45) is 14.9. The molecule has 3 fully saturated rings. The standard InChI is InChI=1S/C24H40O4.C18H32O7/c1-5-9-13-21(7-3)17-27-19(25)23(21)15-11-12-16-24(23)20(26)28-18-22(24,8-4)14-10-6-2;1-4-7-10-23-15(19)13-18(22,17(21)25-12-9-6-3)14-16(20)24-11-8-5-2/h5-18H2,1-4H3;22H,4-14H2,1-3H3. The average molecular weight is 753 g/mol. The van der Waals surface area contributed by atoms with Crippen LogP contribution in [0, 0.1) is 21.7 Å². The molecule has 2 saturated heterocycles. The van der Waals surface area contributed by atoms with Crippen LogP contribution in [0.1, 0.15) is 177 Å². The van der Waals surface area contributed by atoms with Gasteiger partial charge in [0, 0.05) is 10.8 Å². The molecule has 11 heteroatoms. The molecule has 0 aromatic carbocycles. The number of fused-ring (bicyclic) bond motifs is 1. The first-order chi connectivity index (χ1) is 25.3. The minimum atomic E-state index is -2.26. The van der Waals surface area contributed by atoms with Gasteiger partial charge in [0.1, 0.15) is 0 Å². The molecule has 1 N–H and O–H groups in total. The third-order valence-corrected chi connectivity index (χ3v) is 12.4. The first-order valence-electron chi connectivity index (χ1n) is 20.9. The molecule has 1 aliphatic carbocycles. The maximum Gasteiger partial charge on any atom is 0.339 e. The number of carbonyl (C=O) groups excluding carboxylic acids is 5. The van der Waals surface area contributed by atoms with Gasteiger partial charge in [-0.1, -0.05) is 106 Å². The van der Waals surface area contributed by atoms with Crippen LogP contribution in [0.25, 0.3) is 0 Å². The van der Waals surface area contributed by atoms with Crippen molar-refractivity contribution in [2.75, 3.05) is 33.0 Å². The number of cyclic esters (lactones) is 2. The Morgan fingerprint density at radius 2 is 0.962 bits per heavy atom. The first kappa shape index (κ1) is 46.5. The van der Waals surface area contributed by atoms with E-state index in [4.69, 9.17) is 23.7 Å². The second kappa shape index (κ2) is 22.0. The zero-order valence-corrected chi connectivity index (χ0v) is 34.2. The topological polar surface area (TPSA) is 152 Å². The van der Waals surface area contributed by atoms with Gasteiger partial charge >= 0.3 is 29.8 Å². The van der Waals surface area contributed by atoms with Crippen LogP contribution in [0.4, 0.5) is 0 Å². The van der Waals surface area contributed by atoms with Crippen LogP contribution in [0.15, 0.2) is 0 Å². The van der Waals surface area contributed by atoms with E-state index >= 15 is 0 Å². The van der Waals surface area contributed by atoms with Gasteiger partial charge in [-0.15, -0.1) is 0 Å². The number of hydrogen-bond donors (Lipinski definition) is 1. The van der Waals surface area contributed by atoms with Gasteiger partial charge < -0.3 is 28.8 Å². The fourth-order valence-corrected chi connectivity index (χ4v) is 9.18. The van der Waals surface area contributed by atoms with Gasteiger partial charge in [0.05, 0.1) is 56.7 Å². The van der Waals surface area contributed by atoms with Crippen molar-refractivity contribution in [3.8, 4) is 0 Å². The lowest BCUT2D eigenvalue weighted by Gasteiger charge is -2.59. The Labute approximate surface area is 319 Å². The predicted octanol–water partition coefficient (Wildman–Crippen LogP) is 8.35. The lowest BCUT2D eigenvalue weighted by atomic mass is 9.38. The molecule has 0 bridgehead atoms. The Balaban J connectivity index is 0.000000370. The van der Waals surface area contributed by atoms with Crippen LogP contribution >= 0.6 is 0 Å². The Morgan fingerprint density at radius 1 is 0.604 bits per heavy atom. The summed E-state index contributed by atoms with van der Waals surface area (Å²) in [6, 6.07) is 0. The van der Waals surface area contributed by atoms with Gasteiger partial charge in [0.25, 0.3) is 0 Å². The number of rotatable bonds is 22. The van der Waals surface area contributed by atoms with Crippen molar-refractivity contribution in [3.05, 3.63) is 0 Å². The molecule has 2 heterocycles. The summed E-state index contributed by atoms with van der Waals surface area (Å²) in [4.78, 5) is 63.2. The highest BCUT2D eigenvalue weighted by Gasteiger charge is 2.80. The van der Waals surface area contributed by atoms with Gasteiger partial charge in [-0.3, -0.25) is 19.2 Å². The number of hydrogen-bond acceptors (Lipinski definition) is 11. The number of esters is 5. The van der Waals surface area contributed by atoms with E-state index in [1.54, 1.807) is 0 Å². The van der Waals surface area contributed by atoms with Crippen molar-refractivity contribution in [3.63, 3.8) is 0 Å². The fourth-order valence-electron chi connectivity index (χ4n) is 9.18. The summed E-state index contributed by atoms with van der Waals surface area (Å²) < 4.78 is 26.7. The van der Waals surface area contributed by atoms with E-state index in [1.165, 1.54) is 0 Å². The molecule has 1 saturated carbocycles. The number of ether oxygens (including phenoxy) is 5. The molecule has 4 atom stereocenters. The van der Waals surface area contributed by atoms with Crippen molar-refractivity contribution in [2.24, 2.45) is 21.7 Å². The lowest BCUT2D eigenvalue weighted by Crippen LogP contribution is -2.64. The lowest BCUT2D eigenvalue weighted by molar-refractivity contribution is -0.190. The van der Waals surface area contributed by atoms with E-state index in [0.29, 0.717) is 32.5 Å². The van der Waals surface area contributed by atoms with Gasteiger partial charge in [-0.25, -0.2) is 4.79 Å². The molecular formula is C42H72O11. The van der Waals surface area contributed by atoms with E-state index in [9.17, 15) is 29.1 Å². The number of unbranched alkanes of at least 4 members (excludes halogenated alkanes) is 5. The van der Waals surface area contributed by atoms with Gasteiger partial charge in [0.2, 0.25) is 0 Å². The molecule has 2 spiro atoms. The summed E-state index contributed by atoms with van der Waals surface area (Å²) in [6.45, 7) is 16.1. The van der Waals surface area contributed by atoms with E-state index in [-0.39, 0.29) is 42.6 Å². The van der Waals surface area contributed by atoms with Gasteiger partial charge in [-0.05, 0) is 57.8 Å². The van der Waals surface area contributed by atoms with Crippen LogP contribution in [0.3, 0.4) is 0 Å². The predicted molar refractivity (Wildman–Crippen MR) is 202 cm³/mol. The Morgan fingerprint density at radius 3 is 1.30 bits per heavy atom. The van der Waals surface area contributed by atoms with Crippen LogP contribution < -0.4 is 0 Å². The number of aliphatic hydroxyl groups is 1. The molecule has 0 radical (unpaired) electrons. The normalized spacial score (nSPS) is 26.5. The van der Waals surface area contributed by atoms with Gasteiger partial charge in [-0.2, -0.15) is 0 Å². The van der Waals surface area contributed by atoms with Crippen molar-refractivity contribution in [1.29, 1.82) is 0 Å². The largest absolute Gasteiger partial charge is 0.466 e. The molecule has 53 heavy (non-hydrogen) atoms. The molecule has 0 amide bonds. The Kier molecular flexibility index (Phi) is 19.3. The molecule has 0 aromatic heterocycles. The molecule has 11 nitrogen and oxygen atoms in total. The minimum Gasteiger partial charge on any atom is -0.466 e. The second-order valence-corrected chi connectivity index (χ2v) is 15.7.